The first-order valence-electron chi connectivity index (χ1n) is 6.30. The first-order chi connectivity index (χ1) is 9.27. The van der Waals surface area contributed by atoms with Crippen molar-refractivity contribution in [3.63, 3.8) is 0 Å². The number of rotatable bonds is 1. The molecule has 98 valence electrons. The monoisotopic (exact) mass is 275 g/mol. The Kier molecular flexibility index (Phi) is 3.36. The molecule has 5 heteroatoms. The lowest BCUT2D eigenvalue weighted by molar-refractivity contribution is 0.0737. The maximum atomic E-state index is 12.5. The molecule has 0 aliphatic carbocycles. The molecule has 0 bridgehead atoms. The van der Waals surface area contributed by atoms with E-state index < -0.39 is 0 Å². The van der Waals surface area contributed by atoms with E-state index in [1.807, 2.05) is 17.0 Å². The number of hydrogen-bond donors (Lipinski definition) is 1. The van der Waals surface area contributed by atoms with Crippen LogP contribution in [-0.2, 0) is 0 Å². The van der Waals surface area contributed by atoms with Crippen molar-refractivity contribution < 1.29 is 4.79 Å². The fourth-order valence-electron chi connectivity index (χ4n) is 2.35. The molecule has 1 aliphatic heterocycles. The maximum absolute atomic E-state index is 12.5. The van der Waals surface area contributed by atoms with Gasteiger partial charge in [-0.25, -0.2) is 0 Å². The number of halogens is 1. The largest absolute Gasteiger partial charge is 0.336 e. The van der Waals surface area contributed by atoms with E-state index in [0.29, 0.717) is 16.1 Å². The van der Waals surface area contributed by atoms with Crippen molar-refractivity contribution >= 4 is 28.4 Å². The van der Waals surface area contributed by atoms with Crippen molar-refractivity contribution in [2.24, 2.45) is 0 Å². The molecule has 0 saturated carbocycles. The van der Waals surface area contributed by atoms with E-state index in [0.717, 1.165) is 31.6 Å². The van der Waals surface area contributed by atoms with Gasteiger partial charge in [0.1, 0.15) is 0 Å². The smallest absolute Gasteiger partial charge is 0.256 e. The second-order valence-corrected chi connectivity index (χ2v) is 4.94. The minimum Gasteiger partial charge on any atom is -0.336 e. The highest BCUT2D eigenvalue weighted by atomic mass is 35.5. The Bertz CT molecular complexity index is 623. The third kappa shape index (κ3) is 2.29. The Labute approximate surface area is 116 Å². The van der Waals surface area contributed by atoms with Crippen molar-refractivity contribution in [1.82, 2.24) is 15.2 Å². The number of fused-ring (bicyclic) bond motifs is 1. The lowest BCUT2D eigenvalue weighted by atomic mass is 10.1. The number of nitrogens with zero attached hydrogens (tertiary/aromatic N) is 2. The molecule has 0 unspecified atom stereocenters. The Morgan fingerprint density at radius 1 is 1.26 bits per heavy atom. The van der Waals surface area contributed by atoms with Crippen LogP contribution in [0.1, 0.15) is 10.4 Å². The van der Waals surface area contributed by atoms with Gasteiger partial charge in [-0.15, -0.1) is 0 Å². The van der Waals surface area contributed by atoms with E-state index in [1.165, 1.54) is 0 Å². The molecule has 1 aromatic carbocycles. The fraction of sp³-hybridized carbons (Fsp3) is 0.286. The van der Waals surface area contributed by atoms with Gasteiger partial charge >= 0.3 is 0 Å². The molecule has 1 N–H and O–H groups in total. The van der Waals surface area contributed by atoms with Gasteiger partial charge in [-0.3, -0.25) is 9.78 Å². The molecular formula is C14H14ClN3O. The van der Waals surface area contributed by atoms with Crippen molar-refractivity contribution in [1.29, 1.82) is 0 Å². The number of amides is 1. The van der Waals surface area contributed by atoms with E-state index in [2.05, 4.69) is 10.3 Å². The summed E-state index contributed by atoms with van der Waals surface area (Å²) in [6, 6.07) is 7.25. The molecule has 2 heterocycles. The summed E-state index contributed by atoms with van der Waals surface area (Å²) in [5.41, 5.74) is 1.31. The zero-order valence-corrected chi connectivity index (χ0v) is 11.2. The Hall–Kier alpha value is -1.65. The van der Waals surface area contributed by atoms with Crippen LogP contribution in [0.2, 0.25) is 5.02 Å². The summed E-state index contributed by atoms with van der Waals surface area (Å²) >= 11 is 6.14. The number of piperazine rings is 1. The van der Waals surface area contributed by atoms with Crippen LogP contribution in [0.3, 0.4) is 0 Å². The molecule has 2 aromatic rings. The Balaban J connectivity index is 2.05. The normalized spacial score (nSPS) is 15.7. The SMILES string of the molecule is O=C(c1ccc(Cl)c2cccnc12)N1CCNCC1. The summed E-state index contributed by atoms with van der Waals surface area (Å²) in [6.45, 7) is 3.14. The van der Waals surface area contributed by atoms with Crippen LogP contribution in [0.15, 0.2) is 30.5 Å². The maximum Gasteiger partial charge on any atom is 0.256 e. The number of aromatic nitrogens is 1. The molecule has 1 aliphatic rings. The molecule has 0 radical (unpaired) electrons. The molecule has 0 atom stereocenters. The van der Waals surface area contributed by atoms with E-state index in [4.69, 9.17) is 11.6 Å². The first-order valence-corrected chi connectivity index (χ1v) is 6.68. The first kappa shape index (κ1) is 12.4. The van der Waals surface area contributed by atoms with Gasteiger partial charge < -0.3 is 10.2 Å². The van der Waals surface area contributed by atoms with E-state index in [1.54, 1.807) is 18.3 Å². The Morgan fingerprint density at radius 3 is 2.84 bits per heavy atom. The second kappa shape index (κ2) is 5.15. The number of hydrogen-bond acceptors (Lipinski definition) is 3. The number of carbonyl (C=O) groups excluding carboxylic acids is 1. The van der Waals surface area contributed by atoms with Gasteiger partial charge in [0.2, 0.25) is 0 Å². The van der Waals surface area contributed by atoms with Gasteiger partial charge in [-0.1, -0.05) is 11.6 Å². The molecule has 4 nitrogen and oxygen atoms in total. The molecule has 3 rings (SSSR count). The van der Waals surface area contributed by atoms with Crippen molar-refractivity contribution in [3.05, 3.63) is 41.0 Å². The topological polar surface area (TPSA) is 45.2 Å². The van der Waals surface area contributed by atoms with Crippen molar-refractivity contribution in [2.45, 2.75) is 0 Å². The highest BCUT2D eigenvalue weighted by Crippen LogP contribution is 2.25. The average molecular weight is 276 g/mol. The summed E-state index contributed by atoms with van der Waals surface area (Å²) in [6.07, 6.45) is 1.69. The standard InChI is InChI=1S/C14H14ClN3O/c15-12-4-3-11(13-10(12)2-1-5-17-13)14(19)18-8-6-16-7-9-18/h1-5,16H,6-9H2. The lowest BCUT2D eigenvalue weighted by Gasteiger charge is -2.27. The van der Waals surface area contributed by atoms with Crippen LogP contribution in [0.25, 0.3) is 10.9 Å². The van der Waals surface area contributed by atoms with Crippen LogP contribution in [0.4, 0.5) is 0 Å². The summed E-state index contributed by atoms with van der Waals surface area (Å²) in [5, 5.41) is 4.69. The molecule has 1 saturated heterocycles. The van der Waals surface area contributed by atoms with Gasteiger partial charge in [0, 0.05) is 37.8 Å². The quantitative estimate of drug-likeness (QED) is 0.865. The minimum atomic E-state index is 0.0295. The lowest BCUT2D eigenvalue weighted by Crippen LogP contribution is -2.46. The predicted octanol–water partition coefficient (Wildman–Crippen LogP) is 1.93. The number of nitrogens with one attached hydrogen (secondary N) is 1. The van der Waals surface area contributed by atoms with E-state index in [9.17, 15) is 4.79 Å². The van der Waals surface area contributed by atoms with Crippen LogP contribution >= 0.6 is 11.6 Å². The molecule has 1 fully saturated rings. The summed E-state index contributed by atoms with van der Waals surface area (Å²) in [7, 11) is 0. The van der Waals surface area contributed by atoms with Crippen molar-refractivity contribution in [3.8, 4) is 0 Å². The number of carbonyl (C=O) groups is 1. The highest BCUT2D eigenvalue weighted by molar-refractivity contribution is 6.36. The summed E-state index contributed by atoms with van der Waals surface area (Å²) < 4.78 is 0. The highest BCUT2D eigenvalue weighted by Gasteiger charge is 2.20. The number of pyridine rings is 1. The molecule has 0 spiro atoms. The van der Waals surface area contributed by atoms with Gasteiger partial charge in [0.05, 0.1) is 16.1 Å². The van der Waals surface area contributed by atoms with E-state index in [-0.39, 0.29) is 5.91 Å². The molecular weight excluding hydrogens is 262 g/mol. The van der Waals surface area contributed by atoms with Gasteiger partial charge in [-0.2, -0.15) is 0 Å². The second-order valence-electron chi connectivity index (χ2n) is 4.54. The van der Waals surface area contributed by atoms with Crippen LogP contribution in [0.5, 0.6) is 0 Å². The van der Waals surface area contributed by atoms with Gasteiger partial charge in [-0.05, 0) is 24.3 Å². The molecule has 1 amide bonds. The van der Waals surface area contributed by atoms with Crippen LogP contribution in [-0.4, -0.2) is 42.0 Å². The van der Waals surface area contributed by atoms with Crippen LogP contribution < -0.4 is 5.32 Å². The van der Waals surface area contributed by atoms with Crippen molar-refractivity contribution in [2.75, 3.05) is 26.2 Å². The average Bonchev–Trinajstić information content (AvgIpc) is 2.48. The minimum absolute atomic E-state index is 0.0295. The van der Waals surface area contributed by atoms with E-state index >= 15 is 0 Å². The Morgan fingerprint density at radius 2 is 2.05 bits per heavy atom. The third-order valence-electron chi connectivity index (χ3n) is 3.35. The molecule has 1 aromatic heterocycles. The predicted molar refractivity (Wildman–Crippen MR) is 75.5 cm³/mol. The zero-order chi connectivity index (χ0) is 13.2. The van der Waals surface area contributed by atoms with Crippen LogP contribution in [0, 0.1) is 0 Å². The molecule has 19 heavy (non-hydrogen) atoms. The zero-order valence-electron chi connectivity index (χ0n) is 10.4. The summed E-state index contributed by atoms with van der Waals surface area (Å²) in [5.74, 6) is 0.0295. The number of benzene rings is 1. The van der Waals surface area contributed by atoms with Gasteiger partial charge in [0.25, 0.3) is 5.91 Å². The summed E-state index contributed by atoms with van der Waals surface area (Å²) in [4.78, 5) is 18.7. The third-order valence-corrected chi connectivity index (χ3v) is 3.68. The fourth-order valence-corrected chi connectivity index (χ4v) is 2.56. The van der Waals surface area contributed by atoms with Gasteiger partial charge in [0.15, 0.2) is 0 Å².